The van der Waals surface area contributed by atoms with Crippen molar-refractivity contribution < 1.29 is 4.42 Å². The number of piperidine rings is 6. The first-order chi connectivity index (χ1) is 54.7. The highest BCUT2D eigenvalue weighted by molar-refractivity contribution is 7.08. The van der Waals surface area contributed by atoms with Crippen LogP contribution in [0.4, 0.5) is 0 Å². The van der Waals surface area contributed by atoms with Crippen LogP contribution in [0.15, 0.2) is 215 Å². The summed E-state index contributed by atoms with van der Waals surface area (Å²) >= 11 is 1.82. The van der Waals surface area contributed by atoms with Crippen molar-refractivity contribution in [3.63, 3.8) is 0 Å². The average molecular weight is 1520 g/mol. The Hall–Kier alpha value is -6.80. The molecule has 0 saturated carbocycles. The average Bonchev–Trinajstić information content (AvgIpc) is 1.65. The van der Waals surface area contributed by atoms with Crippen LogP contribution in [0.5, 0.6) is 0 Å². The maximum Gasteiger partial charge on any atom is 0.134 e. The number of likely N-dealkylation sites (tertiary alicyclic amines) is 7. The number of likely N-dealkylation sites (N-methyl/N-ethyl adjacent to an activating group) is 1. The van der Waals surface area contributed by atoms with Crippen LogP contribution in [0.1, 0.15) is 193 Å². The van der Waals surface area contributed by atoms with Crippen molar-refractivity contribution >= 4 is 28.4 Å². The second-order valence-electron chi connectivity index (χ2n) is 35.7. The maximum atomic E-state index is 5.82. The molecule has 598 valence electrons. The molecular formula is C102H138N8OS. The normalized spacial score (nSPS) is 23.3. The lowest BCUT2D eigenvalue weighted by molar-refractivity contribution is 0.169. The largest absolute Gasteiger partial charge is 0.459 e. The van der Waals surface area contributed by atoms with Gasteiger partial charge in [0, 0.05) is 36.0 Å². The molecule has 4 atom stereocenters. The lowest BCUT2D eigenvalue weighted by Gasteiger charge is -2.41. The first-order valence-electron chi connectivity index (χ1n) is 43.8. The minimum atomic E-state index is 0.364. The van der Waals surface area contributed by atoms with Gasteiger partial charge in [-0.3, -0.25) is 4.90 Å². The Kier molecular flexibility index (Phi) is 30.9. The fourth-order valence-electron chi connectivity index (χ4n) is 20.4. The predicted molar refractivity (Wildman–Crippen MR) is 477 cm³/mol. The summed E-state index contributed by atoms with van der Waals surface area (Å²) in [6.45, 7) is 19.7. The van der Waals surface area contributed by atoms with Gasteiger partial charge in [0.05, 0.1) is 6.54 Å². The lowest BCUT2D eigenvalue weighted by Crippen LogP contribution is -2.39. The molecule has 9 nitrogen and oxygen atoms in total. The molecule has 0 amide bonds. The zero-order valence-corrected chi connectivity index (χ0v) is 70.9. The Labute approximate surface area is 681 Å². The number of thiophene rings is 1. The van der Waals surface area contributed by atoms with E-state index in [1.54, 1.807) is 33.4 Å². The van der Waals surface area contributed by atoms with Gasteiger partial charge in [-0.05, 0) is 383 Å². The van der Waals surface area contributed by atoms with Crippen LogP contribution in [-0.2, 0) is 43.1 Å². The minimum absolute atomic E-state index is 0.364. The Morgan fingerprint density at radius 3 is 1.58 bits per heavy atom. The van der Waals surface area contributed by atoms with Crippen LogP contribution in [0, 0.1) is 11.8 Å². The van der Waals surface area contributed by atoms with Gasteiger partial charge in [-0.2, -0.15) is 11.3 Å². The molecule has 7 aromatic carbocycles. The third kappa shape index (κ3) is 23.1. The van der Waals surface area contributed by atoms with Gasteiger partial charge in [-0.1, -0.05) is 194 Å². The fraction of sp³-hybridized carbons (Fsp3) is 0.510. The number of hydrogen-bond acceptors (Lipinski definition) is 10. The molecule has 10 heterocycles. The quantitative estimate of drug-likeness (QED) is 0.168. The van der Waals surface area contributed by atoms with Gasteiger partial charge in [-0.15, -0.1) is 0 Å². The Morgan fingerprint density at radius 1 is 0.393 bits per heavy atom. The van der Waals surface area contributed by atoms with E-state index < -0.39 is 0 Å². The summed E-state index contributed by atoms with van der Waals surface area (Å²) < 4.78 is 5.82. The number of allylic oxidation sites excluding steroid dienone is 1. The van der Waals surface area contributed by atoms with Crippen molar-refractivity contribution in [1.82, 2.24) is 39.2 Å². The van der Waals surface area contributed by atoms with Gasteiger partial charge in [0.15, 0.2) is 0 Å². The van der Waals surface area contributed by atoms with Crippen LogP contribution in [-0.4, -0.2) is 194 Å². The topological polar surface area (TPSA) is 39.1 Å². The summed E-state index contributed by atoms with van der Waals surface area (Å²) in [7, 11) is 17.7. The molecule has 9 aromatic rings. The highest BCUT2D eigenvalue weighted by Gasteiger charge is 2.41. The number of furan rings is 1. The molecular weight excluding hydrogens is 1390 g/mol. The number of fused-ring (bicyclic) bond motifs is 10. The molecule has 20 rings (SSSR count). The summed E-state index contributed by atoms with van der Waals surface area (Å²) in [6, 6.07) is 70.3. The SMILES string of the molecule is CN1CCC(c2ccccc2)CC1.CN1CCC(c2ccsc2)CC1.CN1CCC2(C=Cc3ccccc32)CC1.CN1CCC2(CCc3ccccc32)CC1.CN1CCCC(Cc2ccccc2)C1.CN1CCCC(c2ccccc2)CC1.CN1CC[C@@H]2c3ccccc3CC[C@H]2C1.CN1CCc2c(oc3ccccc23)C1. The Bertz CT molecular complexity index is 4210. The molecule has 0 bridgehead atoms. The molecule has 0 radical (unpaired) electrons. The van der Waals surface area contributed by atoms with Crippen molar-refractivity contribution in [2.45, 2.75) is 169 Å². The van der Waals surface area contributed by atoms with E-state index in [1.807, 2.05) is 23.5 Å². The molecule has 2 spiro atoms. The van der Waals surface area contributed by atoms with Crippen LogP contribution >= 0.6 is 11.3 Å². The summed E-state index contributed by atoms with van der Waals surface area (Å²) in [5.74, 6) is 6.23. The molecule has 7 saturated heterocycles. The number of para-hydroxylation sites is 1. The third-order valence-electron chi connectivity index (χ3n) is 27.5. The van der Waals surface area contributed by atoms with Gasteiger partial charge in [0.1, 0.15) is 11.3 Å². The maximum absolute atomic E-state index is 5.82. The molecule has 11 aliphatic rings. The van der Waals surface area contributed by atoms with Crippen molar-refractivity contribution in [2.75, 3.05) is 155 Å². The number of aryl methyl sites for hydroxylation is 2. The third-order valence-corrected chi connectivity index (χ3v) is 28.2. The molecule has 2 aromatic heterocycles. The molecule has 2 unspecified atom stereocenters. The fourth-order valence-corrected chi connectivity index (χ4v) is 21.1. The van der Waals surface area contributed by atoms with Crippen LogP contribution in [0.3, 0.4) is 0 Å². The zero-order chi connectivity index (χ0) is 77.5. The second-order valence-corrected chi connectivity index (χ2v) is 36.5. The second kappa shape index (κ2) is 41.7. The van der Waals surface area contributed by atoms with E-state index in [0.29, 0.717) is 10.8 Å². The summed E-state index contributed by atoms with van der Waals surface area (Å²) in [6.07, 6.45) is 31.2. The van der Waals surface area contributed by atoms with Crippen molar-refractivity contribution in [3.8, 4) is 0 Å². The number of benzene rings is 7. The molecule has 10 heteroatoms. The summed E-state index contributed by atoms with van der Waals surface area (Å²) in [4.78, 5) is 19.4. The monoisotopic (exact) mass is 1520 g/mol. The van der Waals surface area contributed by atoms with E-state index in [2.05, 4.69) is 300 Å². The van der Waals surface area contributed by atoms with E-state index in [-0.39, 0.29) is 0 Å². The van der Waals surface area contributed by atoms with Crippen molar-refractivity contribution in [3.05, 3.63) is 278 Å². The Balaban J connectivity index is 0.000000112. The lowest BCUT2D eigenvalue weighted by atomic mass is 9.72. The molecule has 0 N–H and O–H groups in total. The minimum Gasteiger partial charge on any atom is -0.459 e. The molecule has 112 heavy (non-hydrogen) atoms. The number of rotatable bonds is 5. The number of hydrogen-bond donors (Lipinski definition) is 0. The first kappa shape index (κ1) is 83.2. The van der Waals surface area contributed by atoms with E-state index in [0.717, 1.165) is 66.4 Å². The zero-order valence-electron chi connectivity index (χ0n) is 70.1. The van der Waals surface area contributed by atoms with E-state index >= 15 is 0 Å². The van der Waals surface area contributed by atoms with E-state index in [9.17, 15) is 0 Å². The van der Waals surface area contributed by atoms with Gasteiger partial charge in [-0.25, -0.2) is 0 Å². The van der Waals surface area contributed by atoms with Crippen LogP contribution in [0.25, 0.3) is 17.0 Å². The number of nitrogens with zero attached hydrogens (tertiary/aromatic N) is 8. The van der Waals surface area contributed by atoms with Gasteiger partial charge >= 0.3 is 0 Å². The standard InChI is InChI=1S/C14H19N.C14H17N.C14H19N.2C13H19N.C12H13NO.C12H17N.C10H15NS/c2*1-15-10-8-14(9-11-15)7-6-12-4-2-3-5-13(12)14;1-15-9-8-14-12(10-15)7-6-11-4-2-3-5-13(11)14;1-14-10-5-8-13(9-11-14)12-6-3-2-4-7-12;1-14-9-5-8-13(11-14)10-12-6-3-2-4-7-12;1-13-7-6-10-9-4-2-3-5-11(9)14-12(10)8-13;1-13-9-7-12(8-10-13)11-5-3-2-4-6-11;1-11-5-2-9(3-6-11)10-4-7-12-8-10/h2-5H,6-11H2,1H3;2-7H,8-11H2,1H3;2-5,12,14H,6-10H2,1H3;2*2-4,6-7,13H,5,8-11H2,1H3;2-5H,6-8H2,1H3;2-6,12H,7-10H2,1H3;4,7-9H,2-3,5-6H2,1H3/t;;12-,14-;;;;;/m..0...../s1. The van der Waals surface area contributed by atoms with Crippen LogP contribution in [0.2, 0.25) is 0 Å². The first-order valence-corrected chi connectivity index (χ1v) is 44.7. The van der Waals surface area contributed by atoms with Crippen LogP contribution < -0.4 is 0 Å². The van der Waals surface area contributed by atoms with Crippen molar-refractivity contribution in [1.29, 1.82) is 0 Å². The molecule has 3 aliphatic carbocycles. The molecule has 7 fully saturated rings. The Morgan fingerprint density at radius 2 is 0.920 bits per heavy atom. The summed E-state index contributed by atoms with van der Waals surface area (Å²) in [5.41, 5.74) is 19.0. The van der Waals surface area contributed by atoms with Gasteiger partial charge in [0.25, 0.3) is 0 Å². The molecule has 8 aliphatic heterocycles. The van der Waals surface area contributed by atoms with Gasteiger partial charge < -0.3 is 38.7 Å². The predicted octanol–water partition coefficient (Wildman–Crippen LogP) is 20.9. The van der Waals surface area contributed by atoms with E-state index in [4.69, 9.17) is 4.42 Å². The van der Waals surface area contributed by atoms with E-state index in [1.165, 1.54) is 247 Å². The van der Waals surface area contributed by atoms with Crippen molar-refractivity contribution in [2.24, 2.45) is 11.8 Å². The van der Waals surface area contributed by atoms with Gasteiger partial charge in [0.2, 0.25) is 0 Å². The highest BCUT2D eigenvalue weighted by Crippen LogP contribution is 2.47. The highest BCUT2D eigenvalue weighted by atomic mass is 32.1. The smallest absolute Gasteiger partial charge is 0.134 e. The summed E-state index contributed by atoms with van der Waals surface area (Å²) in [5, 5.41) is 5.79.